The number of amides is 2. The number of ether oxygens (including phenoxy) is 3. The molecule has 0 aliphatic rings. The first-order chi connectivity index (χ1) is 14.4. The lowest BCUT2D eigenvalue weighted by molar-refractivity contribution is -0.125. The van der Waals surface area contributed by atoms with Gasteiger partial charge in [0.25, 0.3) is 11.8 Å². The maximum Gasteiger partial charge on any atom is 0.338 e. The van der Waals surface area contributed by atoms with Crippen LogP contribution in [0.2, 0.25) is 0 Å². The molecule has 160 valence electrons. The predicted molar refractivity (Wildman–Crippen MR) is 110 cm³/mol. The molecule has 0 aliphatic heterocycles. The topological polar surface area (TPSA) is 103 Å². The molecule has 30 heavy (non-hydrogen) atoms. The Morgan fingerprint density at radius 2 is 1.63 bits per heavy atom. The molecule has 0 spiro atoms. The SMILES string of the molecule is CCOc1cc(C(=O)OCC(=O)NNC(=O)c2ccccc2)ccc1OCC(C)C. The van der Waals surface area contributed by atoms with Crippen LogP contribution in [0.15, 0.2) is 48.5 Å². The minimum atomic E-state index is -0.698. The second-order valence-corrected chi connectivity index (χ2v) is 6.74. The van der Waals surface area contributed by atoms with E-state index in [0.29, 0.717) is 36.2 Å². The van der Waals surface area contributed by atoms with Crippen LogP contribution in [0, 0.1) is 5.92 Å². The summed E-state index contributed by atoms with van der Waals surface area (Å²) in [7, 11) is 0. The first-order valence-electron chi connectivity index (χ1n) is 9.61. The summed E-state index contributed by atoms with van der Waals surface area (Å²) in [6, 6.07) is 13.1. The average Bonchev–Trinajstić information content (AvgIpc) is 2.75. The van der Waals surface area contributed by atoms with Crippen LogP contribution in [-0.4, -0.2) is 37.6 Å². The van der Waals surface area contributed by atoms with Gasteiger partial charge in [-0.05, 0) is 43.2 Å². The Hall–Kier alpha value is -3.55. The molecule has 0 bridgehead atoms. The Morgan fingerprint density at radius 1 is 0.900 bits per heavy atom. The Kier molecular flexibility index (Phi) is 8.68. The van der Waals surface area contributed by atoms with Crippen LogP contribution in [0.1, 0.15) is 41.5 Å². The molecule has 8 nitrogen and oxygen atoms in total. The molecule has 2 aromatic rings. The first kappa shape index (κ1) is 22.7. The molecular formula is C22H26N2O6. The standard InChI is InChI=1S/C22H26N2O6/c1-4-28-19-12-17(10-11-18(19)29-13-15(2)3)22(27)30-14-20(25)23-24-21(26)16-8-6-5-7-9-16/h5-12,15H,4,13-14H2,1-3H3,(H,23,25)(H,24,26). The lowest BCUT2D eigenvalue weighted by Gasteiger charge is -2.14. The van der Waals surface area contributed by atoms with Crippen molar-refractivity contribution in [2.75, 3.05) is 19.8 Å². The van der Waals surface area contributed by atoms with Crippen LogP contribution in [0.5, 0.6) is 11.5 Å². The van der Waals surface area contributed by atoms with Gasteiger partial charge in [0.05, 0.1) is 18.8 Å². The van der Waals surface area contributed by atoms with Crippen molar-refractivity contribution in [3.05, 3.63) is 59.7 Å². The van der Waals surface area contributed by atoms with Gasteiger partial charge in [-0.25, -0.2) is 4.79 Å². The zero-order valence-electron chi connectivity index (χ0n) is 17.3. The fraction of sp³-hybridized carbons (Fsp3) is 0.318. The maximum absolute atomic E-state index is 12.3. The molecule has 0 saturated heterocycles. The summed E-state index contributed by atoms with van der Waals surface area (Å²) in [5.41, 5.74) is 5.05. The van der Waals surface area contributed by atoms with E-state index in [4.69, 9.17) is 14.2 Å². The fourth-order valence-corrected chi connectivity index (χ4v) is 2.32. The van der Waals surface area contributed by atoms with Gasteiger partial charge in [0.15, 0.2) is 18.1 Å². The summed E-state index contributed by atoms with van der Waals surface area (Å²) >= 11 is 0. The molecular weight excluding hydrogens is 388 g/mol. The number of hydrogen-bond acceptors (Lipinski definition) is 6. The van der Waals surface area contributed by atoms with Crippen molar-refractivity contribution in [2.24, 2.45) is 5.92 Å². The maximum atomic E-state index is 12.3. The van der Waals surface area contributed by atoms with Crippen molar-refractivity contribution in [3.8, 4) is 11.5 Å². The van der Waals surface area contributed by atoms with Crippen molar-refractivity contribution in [3.63, 3.8) is 0 Å². The minimum Gasteiger partial charge on any atom is -0.490 e. The quantitative estimate of drug-likeness (QED) is 0.483. The van der Waals surface area contributed by atoms with Crippen molar-refractivity contribution in [1.29, 1.82) is 0 Å². The van der Waals surface area contributed by atoms with Gasteiger partial charge in [0.1, 0.15) is 0 Å². The summed E-state index contributed by atoms with van der Waals surface area (Å²) < 4.78 is 16.2. The highest BCUT2D eigenvalue weighted by Gasteiger charge is 2.15. The Bertz CT molecular complexity index is 867. The lowest BCUT2D eigenvalue weighted by atomic mass is 10.2. The normalized spacial score (nSPS) is 10.3. The fourth-order valence-electron chi connectivity index (χ4n) is 2.32. The summed E-state index contributed by atoms with van der Waals surface area (Å²) in [5.74, 6) is -0.556. The van der Waals surface area contributed by atoms with E-state index < -0.39 is 24.4 Å². The molecule has 0 atom stereocenters. The van der Waals surface area contributed by atoms with Gasteiger partial charge in [0.2, 0.25) is 0 Å². The van der Waals surface area contributed by atoms with Gasteiger partial charge in [0, 0.05) is 5.56 Å². The molecule has 2 aromatic carbocycles. The first-order valence-corrected chi connectivity index (χ1v) is 9.61. The molecule has 0 radical (unpaired) electrons. The summed E-state index contributed by atoms with van der Waals surface area (Å²) in [6.45, 7) is 6.24. The molecule has 0 aromatic heterocycles. The largest absolute Gasteiger partial charge is 0.490 e. The van der Waals surface area contributed by atoms with Crippen LogP contribution >= 0.6 is 0 Å². The van der Waals surface area contributed by atoms with Gasteiger partial charge in [-0.1, -0.05) is 32.0 Å². The molecule has 2 rings (SSSR count). The van der Waals surface area contributed by atoms with Crippen LogP contribution in [-0.2, 0) is 9.53 Å². The van der Waals surface area contributed by atoms with Gasteiger partial charge >= 0.3 is 5.97 Å². The van der Waals surface area contributed by atoms with E-state index in [0.717, 1.165) is 0 Å². The van der Waals surface area contributed by atoms with Crippen molar-refractivity contribution < 1.29 is 28.6 Å². The number of esters is 1. The van der Waals surface area contributed by atoms with Crippen LogP contribution in [0.3, 0.4) is 0 Å². The molecule has 0 saturated carbocycles. The van der Waals surface area contributed by atoms with Crippen LogP contribution < -0.4 is 20.3 Å². The van der Waals surface area contributed by atoms with E-state index in [1.165, 1.54) is 12.1 Å². The second-order valence-electron chi connectivity index (χ2n) is 6.74. The molecule has 0 unspecified atom stereocenters. The number of hydrazine groups is 1. The highest BCUT2D eigenvalue weighted by atomic mass is 16.5. The van der Waals surface area contributed by atoms with E-state index >= 15 is 0 Å². The van der Waals surface area contributed by atoms with Crippen LogP contribution in [0.4, 0.5) is 0 Å². The third kappa shape index (κ3) is 7.12. The van der Waals surface area contributed by atoms with Crippen molar-refractivity contribution in [1.82, 2.24) is 10.9 Å². The Balaban J connectivity index is 1.88. The van der Waals surface area contributed by atoms with E-state index in [2.05, 4.69) is 10.9 Å². The average molecular weight is 414 g/mol. The Labute approximate surface area is 175 Å². The molecule has 0 aliphatic carbocycles. The van der Waals surface area contributed by atoms with E-state index in [1.54, 1.807) is 36.4 Å². The molecule has 2 N–H and O–H groups in total. The molecule has 0 heterocycles. The third-order valence-electron chi connectivity index (χ3n) is 3.74. The van der Waals surface area contributed by atoms with E-state index in [1.807, 2.05) is 20.8 Å². The highest BCUT2D eigenvalue weighted by molar-refractivity contribution is 5.96. The van der Waals surface area contributed by atoms with Crippen LogP contribution in [0.25, 0.3) is 0 Å². The van der Waals surface area contributed by atoms with Gasteiger partial charge in [-0.2, -0.15) is 0 Å². The second kappa shape index (κ2) is 11.5. The van der Waals surface area contributed by atoms with Gasteiger partial charge in [-0.15, -0.1) is 0 Å². The van der Waals surface area contributed by atoms with E-state index in [-0.39, 0.29) is 5.56 Å². The number of carbonyl (C=O) groups is 3. The predicted octanol–water partition coefficient (Wildman–Crippen LogP) is 2.74. The lowest BCUT2D eigenvalue weighted by Crippen LogP contribution is -2.43. The Morgan fingerprint density at radius 3 is 2.30 bits per heavy atom. The number of nitrogens with one attached hydrogen (secondary N) is 2. The zero-order chi connectivity index (χ0) is 21.9. The molecule has 2 amide bonds. The van der Waals surface area contributed by atoms with Gasteiger partial charge < -0.3 is 14.2 Å². The summed E-state index contributed by atoms with van der Waals surface area (Å²) in [6.07, 6.45) is 0. The minimum absolute atomic E-state index is 0.219. The molecule has 0 fully saturated rings. The van der Waals surface area contributed by atoms with E-state index in [9.17, 15) is 14.4 Å². The third-order valence-corrected chi connectivity index (χ3v) is 3.74. The monoisotopic (exact) mass is 414 g/mol. The summed E-state index contributed by atoms with van der Waals surface area (Å²) in [5, 5.41) is 0. The summed E-state index contributed by atoms with van der Waals surface area (Å²) in [4.78, 5) is 36.0. The number of rotatable bonds is 9. The number of benzene rings is 2. The van der Waals surface area contributed by atoms with Crippen molar-refractivity contribution in [2.45, 2.75) is 20.8 Å². The number of carbonyl (C=O) groups excluding carboxylic acids is 3. The smallest absolute Gasteiger partial charge is 0.338 e. The van der Waals surface area contributed by atoms with Crippen molar-refractivity contribution >= 4 is 17.8 Å². The van der Waals surface area contributed by atoms with Gasteiger partial charge in [-0.3, -0.25) is 20.4 Å². The molecule has 8 heteroatoms. The highest BCUT2D eigenvalue weighted by Crippen LogP contribution is 2.29. The number of hydrogen-bond donors (Lipinski definition) is 2. The zero-order valence-corrected chi connectivity index (χ0v) is 17.3.